The molecule has 2 aromatic rings. The molecule has 0 radical (unpaired) electrons. The predicted molar refractivity (Wildman–Crippen MR) is 107 cm³/mol. The zero-order valence-electron chi connectivity index (χ0n) is 16.0. The topological polar surface area (TPSA) is 85.4 Å². The van der Waals surface area contributed by atoms with Crippen molar-refractivity contribution in [2.45, 2.75) is 38.0 Å². The number of carbonyl (C=O) groups is 1. The number of aromatic amines is 1. The summed E-state index contributed by atoms with van der Waals surface area (Å²) >= 11 is 1.43. The zero-order chi connectivity index (χ0) is 19.6. The average molecular weight is 391 g/mol. The first-order chi connectivity index (χ1) is 13.0. The smallest absolute Gasteiger partial charge is 0.270 e. The van der Waals surface area contributed by atoms with Crippen molar-refractivity contribution in [2.75, 3.05) is 25.3 Å². The summed E-state index contributed by atoms with van der Waals surface area (Å²) in [5.74, 6) is 1.96. The van der Waals surface area contributed by atoms with Crippen molar-refractivity contribution in [2.24, 2.45) is 0 Å². The van der Waals surface area contributed by atoms with Gasteiger partial charge in [-0.2, -0.15) is 0 Å². The second kappa shape index (κ2) is 8.12. The Morgan fingerprint density at radius 3 is 2.52 bits per heavy atom. The number of hydrogen-bond donors (Lipinski definition) is 2. The zero-order valence-corrected chi connectivity index (χ0v) is 16.8. The van der Waals surface area contributed by atoms with E-state index < -0.39 is 0 Å². The van der Waals surface area contributed by atoms with E-state index in [4.69, 9.17) is 9.47 Å². The highest BCUT2D eigenvalue weighted by molar-refractivity contribution is 8.00. The Morgan fingerprint density at radius 1 is 1.19 bits per heavy atom. The molecule has 8 heteroatoms. The Morgan fingerprint density at radius 2 is 1.89 bits per heavy atom. The number of thioether (sulfide) groups is 1. The van der Waals surface area contributed by atoms with Crippen molar-refractivity contribution in [3.8, 4) is 11.5 Å². The van der Waals surface area contributed by atoms with Crippen LogP contribution in [0.15, 0.2) is 23.0 Å². The van der Waals surface area contributed by atoms with Gasteiger partial charge in [0.05, 0.1) is 36.8 Å². The fourth-order valence-electron chi connectivity index (χ4n) is 3.45. The highest BCUT2D eigenvalue weighted by Gasteiger charge is 2.32. The number of anilines is 1. The fraction of sp³-hybridized carbons (Fsp3) is 0.474. The second-order valence-electron chi connectivity index (χ2n) is 6.40. The van der Waals surface area contributed by atoms with E-state index in [9.17, 15) is 9.59 Å². The maximum Gasteiger partial charge on any atom is 0.270 e. The van der Waals surface area contributed by atoms with Crippen LogP contribution < -0.4 is 20.3 Å². The van der Waals surface area contributed by atoms with E-state index in [-0.39, 0.29) is 28.5 Å². The molecule has 1 aromatic heterocycles. The SMILES string of the molecule is CCC(CC)n1[nH]c(=O)c2c1NC(=O)CS[C@@H]2c1ccc(OC)c(OC)c1. The highest BCUT2D eigenvalue weighted by atomic mass is 32.2. The van der Waals surface area contributed by atoms with Crippen LogP contribution >= 0.6 is 11.8 Å². The molecule has 0 fully saturated rings. The van der Waals surface area contributed by atoms with Crippen LogP contribution in [0.1, 0.15) is 49.1 Å². The van der Waals surface area contributed by atoms with Crippen LogP contribution in [0.5, 0.6) is 11.5 Å². The molecule has 27 heavy (non-hydrogen) atoms. The third-order valence-electron chi connectivity index (χ3n) is 4.88. The van der Waals surface area contributed by atoms with E-state index >= 15 is 0 Å². The molecular formula is C19H25N3O4S. The van der Waals surface area contributed by atoms with Crippen molar-refractivity contribution in [3.05, 3.63) is 39.7 Å². The molecule has 2 heterocycles. The number of H-pyrrole nitrogens is 1. The minimum absolute atomic E-state index is 0.108. The van der Waals surface area contributed by atoms with Gasteiger partial charge < -0.3 is 14.8 Å². The summed E-state index contributed by atoms with van der Waals surface area (Å²) in [5, 5.41) is 5.58. The van der Waals surface area contributed by atoms with Gasteiger partial charge in [-0.25, -0.2) is 0 Å². The Bertz CT molecular complexity index is 886. The maximum absolute atomic E-state index is 12.8. The average Bonchev–Trinajstić information content (AvgIpc) is 2.88. The van der Waals surface area contributed by atoms with Gasteiger partial charge in [-0.15, -0.1) is 11.8 Å². The Kier molecular flexibility index (Phi) is 5.84. The molecule has 7 nitrogen and oxygen atoms in total. The standard InChI is InChI=1S/C19H25N3O4S/c1-5-12(6-2)22-18-16(19(24)21-22)17(27-10-15(23)20-18)11-7-8-13(25-3)14(9-11)26-4/h7-9,12,17H,5-6,10H2,1-4H3,(H,20,23)(H,21,24)/t17-/m1/s1. The normalized spacial score (nSPS) is 16.6. The minimum Gasteiger partial charge on any atom is -0.493 e. The first kappa shape index (κ1) is 19.4. The molecule has 1 aromatic carbocycles. The largest absolute Gasteiger partial charge is 0.493 e. The quantitative estimate of drug-likeness (QED) is 0.789. The van der Waals surface area contributed by atoms with E-state index in [2.05, 4.69) is 24.3 Å². The molecule has 0 saturated carbocycles. The van der Waals surface area contributed by atoms with E-state index in [1.54, 1.807) is 14.2 Å². The van der Waals surface area contributed by atoms with Crippen LogP contribution in [0, 0.1) is 0 Å². The van der Waals surface area contributed by atoms with Gasteiger partial charge in [0, 0.05) is 0 Å². The summed E-state index contributed by atoms with van der Waals surface area (Å²) < 4.78 is 12.5. The number of fused-ring (bicyclic) bond motifs is 1. The van der Waals surface area contributed by atoms with E-state index in [0.717, 1.165) is 18.4 Å². The van der Waals surface area contributed by atoms with Gasteiger partial charge in [-0.1, -0.05) is 19.9 Å². The summed E-state index contributed by atoms with van der Waals surface area (Å²) in [7, 11) is 3.16. The monoisotopic (exact) mass is 391 g/mol. The lowest BCUT2D eigenvalue weighted by molar-refractivity contribution is -0.113. The lowest BCUT2D eigenvalue weighted by atomic mass is 10.1. The molecule has 1 atom stereocenters. The first-order valence-electron chi connectivity index (χ1n) is 9.01. The number of hydrogen-bond acceptors (Lipinski definition) is 5. The molecule has 3 rings (SSSR count). The number of benzene rings is 1. The van der Waals surface area contributed by atoms with Gasteiger partial charge in [-0.3, -0.25) is 19.4 Å². The predicted octanol–water partition coefficient (Wildman–Crippen LogP) is 3.33. The number of nitrogens with zero attached hydrogens (tertiary/aromatic N) is 1. The summed E-state index contributed by atoms with van der Waals surface area (Å²) in [5.41, 5.74) is 1.29. The molecule has 146 valence electrons. The van der Waals surface area contributed by atoms with E-state index in [1.165, 1.54) is 11.8 Å². The minimum atomic E-state index is -0.280. The molecule has 0 unspecified atom stereocenters. The number of aromatic nitrogens is 2. The van der Waals surface area contributed by atoms with Gasteiger partial charge in [0.2, 0.25) is 5.91 Å². The van der Waals surface area contributed by atoms with Crippen molar-refractivity contribution >= 4 is 23.5 Å². The van der Waals surface area contributed by atoms with Crippen molar-refractivity contribution < 1.29 is 14.3 Å². The third kappa shape index (κ3) is 3.58. The first-order valence-corrected chi connectivity index (χ1v) is 10.1. The van der Waals surface area contributed by atoms with Crippen LogP contribution in [0.4, 0.5) is 5.82 Å². The summed E-state index contributed by atoms with van der Waals surface area (Å²) in [4.78, 5) is 25.1. The molecule has 2 N–H and O–H groups in total. The second-order valence-corrected chi connectivity index (χ2v) is 7.49. The molecule has 1 amide bonds. The summed E-state index contributed by atoms with van der Waals surface area (Å²) in [6.07, 6.45) is 1.72. The van der Waals surface area contributed by atoms with E-state index in [0.29, 0.717) is 22.9 Å². The van der Waals surface area contributed by atoms with Crippen LogP contribution in [-0.4, -0.2) is 35.7 Å². The number of nitrogens with one attached hydrogen (secondary N) is 2. The number of ether oxygens (including phenoxy) is 2. The van der Waals surface area contributed by atoms with Gasteiger partial charge in [0.15, 0.2) is 11.5 Å². The molecule has 0 aliphatic carbocycles. The Hall–Kier alpha value is -2.35. The van der Waals surface area contributed by atoms with Crippen LogP contribution in [0.25, 0.3) is 0 Å². The fourth-order valence-corrected chi connectivity index (χ4v) is 4.57. The van der Waals surface area contributed by atoms with Crippen molar-refractivity contribution in [1.82, 2.24) is 9.78 Å². The summed E-state index contributed by atoms with van der Waals surface area (Å²) in [6, 6.07) is 5.72. The molecular weight excluding hydrogens is 366 g/mol. The molecule has 0 saturated heterocycles. The molecule has 1 aliphatic rings. The van der Waals surface area contributed by atoms with Crippen LogP contribution in [0.2, 0.25) is 0 Å². The molecule has 0 bridgehead atoms. The molecule has 1 aliphatic heterocycles. The number of methoxy groups -OCH3 is 2. The van der Waals surface area contributed by atoms with Crippen LogP contribution in [0.3, 0.4) is 0 Å². The number of amides is 1. The third-order valence-corrected chi connectivity index (χ3v) is 6.15. The molecule has 0 spiro atoms. The highest BCUT2D eigenvalue weighted by Crippen LogP contribution is 2.43. The van der Waals surface area contributed by atoms with Gasteiger partial charge in [-0.05, 0) is 30.5 Å². The number of carbonyl (C=O) groups excluding carboxylic acids is 1. The van der Waals surface area contributed by atoms with E-state index in [1.807, 2.05) is 22.9 Å². The lowest BCUT2D eigenvalue weighted by Gasteiger charge is -2.19. The van der Waals surface area contributed by atoms with Gasteiger partial charge in [0.25, 0.3) is 5.56 Å². The lowest BCUT2D eigenvalue weighted by Crippen LogP contribution is -2.19. The Balaban J connectivity index is 2.15. The maximum atomic E-state index is 12.8. The number of rotatable bonds is 6. The van der Waals surface area contributed by atoms with Crippen molar-refractivity contribution in [1.29, 1.82) is 0 Å². The summed E-state index contributed by atoms with van der Waals surface area (Å²) in [6.45, 7) is 4.13. The Labute approximate surface area is 162 Å². The van der Waals surface area contributed by atoms with Gasteiger partial charge in [0.1, 0.15) is 5.82 Å². The van der Waals surface area contributed by atoms with Crippen molar-refractivity contribution in [3.63, 3.8) is 0 Å². The van der Waals surface area contributed by atoms with Crippen LogP contribution in [-0.2, 0) is 4.79 Å². The van der Waals surface area contributed by atoms with Gasteiger partial charge >= 0.3 is 0 Å².